The molecule has 15 heavy (non-hydrogen) atoms. The molecule has 0 bridgehead atoms. The zero-order chi connectivity index (χ0) is 11.3. The van der Waals surface area contributed by atoms with E-state index < -0.39 is 5.97 Å². The summed E-state index contributed by atoms with van der Waals surface area (Å²) in [4.78, 5) is 10.4. The molecule has 1 N–H and O–H groups in total. The van der Waals surface area contributed by atoms with Gasteiger partial charge in [0, 0.05) is 6.08 Å². The summed E-state index contributed by atoms with van der Waals surface area (Å²) in [5, 5.41) is 8.52. The van der Waals surface area contributed by atoms with Gasteiger partial charge in [-0.05, 0) is 35.6 Å². The fraction of sp³-hybridized carbons (Fsp3) is 0.308. The molecule has 0 heterocycles. The molecule has 0 aliphatic heterocycles. The smallest absolute Gasteiger partial charge is 0.328 e. The van der Waals surface area contributed by atoms with E-state index in [1.807, 2.05) is 6.07 Å². The van der Waals surface area contributed by atoms with E-state index >= 15 is 0 Å². The van der Waals surface area contributed by atoms with E-state index in [0.717, 1.165) is 18.4 Å². The Morgan fingerprint density at radius 2 is 1.93 bits per heavy atom. The fourth-order valence-electron chi connectivity index (χ4n) is 1.59. The van der Waals surface area contributed by atoms with E-state index in [-0.39, 0.29) is 0 Å². The van der Waals surface area contributed by atoms with Gasteiger partial charge >= 0.3 is 5.97 Å². The minimum atomic E-state index is -0.910. The summed E-state index contributed by atoms with van der Waals surface area (Å²) < 4.78 is 0. The SMILES string of the molecule is CCc1ccc(/C=C/C(=O)O)cc1CC. The summed E-state index contributed by atoms with van der Waals surface area (Å²) in [6.45, 7) is 4.24. The predicted molar refractivity (Wildman–Crippen MR) is 61.9 cm³/mol. The Morgan fingerprint density at radius 3 is 2.47 bits per heavy atom. The van der Waals surface area contributed by atoms with Crippen molar-refractivity contribution >= 4 is 12.0 Å². The van der Waals surface area contributed by atoms with Gasteiger partial charge in [0.05, 0.1) is 0 Å². The largest absolute Gasteiger partial charge is 0.478 e. The van der Waals surface area contributed by atoms with E-state index in [9.17, 15) is 4.79 Å². The Kier molecular flexibility index (Phi) is 4.10. The Balaban J connectivity index is 2.97. The number of carboxylic acid groups (broad SMARTS) is 1. The average molecular weight is 204 g/mol. The van der Waals surface area contributed by atoms with Crippen molar-refractivity contribution in [2.75, 3.05) is 0 Å². The van der Waals surface area contributed by atoms with Crippen LogP contribution in [0.25, 0.3) is 6.08 Å². The van der Waals surface area contributed by atoms with Crippen molar-refractivity contribution in [3.05, 3.63) is 41.0 Å². The molecule has 2 nitrogen and oxygen atoms in total. The lowest BCUT2D eigenvalue weighted by atomic mass is 10.00. The van der Waals surface area contributed by atoms with Gasteiger partial charge in [-0.2, -0.15) is 0 Å². The molecule has 0 amide bonds. The van der Waals surface area contributed by atoms with Gasteiger partial charge in [-0.25, -0.2) is 4.79 Å². The Bertz CT molecular complexity index is 378. The molecule has 1 rings (SSSR count). The number of hydrogen-bond donors (Lipinski definition) is 1. The lowest BCUT2D eigenvalue weighted by Gasteiger charge is -2.06. The monoisotopic (exact) mass is 204 g/mol. The van der Waals surface area contributed by atoms with Crippen LogP contribution in [0.3, 0.4) is 0 Å². The van der Waals surface area contributed by atoms with Crippen LogP contribution in [0.5, 0.6) is 0 Å². The number of carboxylic acids is 1. The molecule has 0 spiro atoms. The number of rotatable bonds is 4. The number of aryl methyl sites for hydroxylation is 2. The van der Waals surface area contributed by atoms with Gasteiger partial charge in [0.1, 0.15) is 0 Å². The van der Waals surface area contributed by atoms with E-state index in [4.69, 9.17) is 5.11 Å². The van der Waals surface area contributed by atoms with Gasteiger partial charge in [-0.1, -0.05) is 32.0 Å². The zero-order valence-corrected chi connectivity index (χ0v) is 9.16. The van der Waals surface area contributed by atoms with E-state index in [1.54, 1.807) is 6.08 Å². The third-order valence-electron chi connectivity index (χ3n) is 2.41. The highest BCUT2D eigenvalue weighted by Gasteiger charge is 1.99. The Morgan fingerprint density at radius 1 is 1.27 bits per heavy atom. The van der Waals surface area contributed by atoms with Crippen LogP contribution in [0.4, 0.5) is 0 Å². The molecule has 1 aromatic rings. The van der Waals surface area contributed by atoms with Crippen LogP contribution >= 0.6 is 0 Å². The molecule has 0 unspecified atom stereocenters. The highest BCUT2D eigenvalue weighted by Crippen LogP contribution is 2.14. The minimum Gasteiger partial charge on any atom is -0.478 e. The van der Waals surface area contributed by atoms with Gasteiger partial charge in [0.25, 0.3) is 0 Å². The van der Waals surface area contributed by atoms with Crippen LogP contribution in [0.1, 0.15) is 30.5 Å². The molecule has 0 radical (unpaired) electrons. The second-order valence-corrected chi connectivity index (χ2v) is 3.41. The predicted octanol–water partition coefficient (Wildman–Crippen LogP) is 2.91. The lowest BCUT2D eigenvalue weighted by molar-refractivity contribution is -0.131. The minimum absolute atomic E-state index is 0.910. The molecule has 1 aromatic carbocycles. The van der Waals surface area contributed by atoms with Crippen LogP contribution in [0, 0.1) is 0 Å². The first-order valence-electron chi connectivity index (χ1n) is 5.20. The molecular weight excluding hydrogens is 188 g/mol. The van der Waals surface area contributed by atoms with Crippen LogP contribution in [0.15, 0.2) is 24.3 Å². The highest BCUT2D eigenvalue weighted by atomic mass is 16.4. The Hall–Kier alpha value is -1.57. The van der Waals surface area contributed by atoms with Gasteiger partial charge in [0.2, 0.25) is 0 Å². The van der Waals surface area contributed by atoms with Crippen molar-refractivity contribution < 1.29 is 9.90 Å². The second-order valence-electron chi connectivity index (χ2n) is 3.41. The molecule has 0 aromatic heterocycles. The fourth-order valence-corrected chi connectivity index (χ4v) is 1.59. The first-order chi connectivity index (χ1) is 7.17. The maximum Gasteiger partial charge on any atom is 0.328 e. The van der Waals surface area contributed by atoms with Gasteiger partial charge in [0.15, 0.2) is 0 Å². The van der Waals surface area contributed by atoms with Gasteiger partial charge < -0.3 is 5.11 Å². The molecular formula is C13H16O2. The number of aliphatic carboxylic acids is 1. The van der Waals surface area contributed by atoms with Crippen LogP contribution in [-0.4, -0.2) is 11.1 Å². The van der Waals surface area contributed by atoms with Crippen molar-refractivity contribution in [2.24, 2.45) is 0 Å². The average Bonchev–Trinajstić information content (AvgIpc) is 2.25. The number of benzene rings is 1. The molecule has 0 saturated heterocycles. The van der Waals surface area contributed by atoms with Crippen molar-refractivity contribution in [2.45, 2.75) is 26.7 Å². The summed E-state index contributed by atoms with van der Waals surface area (Å²) in [6, 6.07) is 6.08. The molecule has 80 valence electrons. The van der Waals surface area contributed by atoms with Crippen LogP contribution in [-0.2, 0) is 17.6 Å². The number of hydrogen-bond acceptors (Lipinski definition) is 1. The molecule has 0 saturated carbocycles. The second kappa shape index (κ2) is 5.35. The summed E-state index contributed by atoms with van der Waals surface area (Å²) >= 11 is 0. The molecule has 0 atom stereocenters. The van der Waals surface area contributed by atoms with Crippen LogP contribution < -0.4 is 0 Å². The zero-order valence-electron chi connectivity index (χ0n) is 9.16. The normalized spacial score (nSPS) is 10.8. The Labute approximate surface area is 90.3 Å². The first-order valence-corrected chi connectivity index (χ1v) is 5.20. The standard InChI is InChI=1S/C13H16O2/c1-3-11-7-5-10(6-8-13(14)15)9-12(11)4-2/h5-9H,3-4H2,1-2H3,(H,14,15)/b8-6+. The van der Waals surface area contributed by atoms with Crippen molar-refractivity contribution in [3.8, 4) is 0 Å². The van der Waals surface area contributed by atoms with E-state index in [2.05, 4.69) is 26.0 Å². The van der Waals surface area contributed by atoms with Crippen molar-refractivity contribution in [1.29, 1.82) is 0 Å². The topological polar surface area (TPSA) is 37.3 Å². The molecule has 0 aliphatic rings. The quantitative estimate of drug-likeness (QED) is 0.766. The highest BCUT2D eigenvalue weighted by molar-refractivity contribution is 5.85. The third kappa shape index (κ3) is 3.24. The first kappa shape index (κ1) is 11.5. The van der Waals surface area contributed by atoms with Crippen molar-refractivity contribution in [1.82, 2.24) is 0 Å². The summed E-state index contributed by atoms with van der Waals surface area (Å²) in [6.07, 6.45) is 4.80. The maximum absolute atomic E-state index is 10.4. The summed E-state index contributed by atoms with van der Waals surface area (Å²) in [5.41, 5.74) is 3.58. The van der Waals surface area contributed by atoms with Crippen molar-refractivity contribution in [3.63, 3.8) is 0 Å². The van der Waals surface area contributed by atoms with E-state index in [1.165, 1.54) is 17.2 Å². The van der Waals surface area contributed by atoms with Gasteiger partial charge in [-0.3, -0.25) is 0 Å². The molecule has 2 heteroatoms. The maximum atomic E-state index is 10.4. The number of carbonyl (C=O) groups is 1. The van der Waals surface area contributed by atoms with Crippen LogP contribution in [0.2, 0.25) is 0 Å². The third-order valence-corrected chi connectivity index (χ3v) is 2.41. The summed E-state index contributed by atoms with van der Waals surface area (Å²) in [5.74, 6) is -0.910. The molecule has 0 fully saturated rings. The molecule has 0 aliphatic carbocycles. The summed E-state index contributed by atoms with van der Waals surface area (Å²) in [7, 11) is 0. The lowest BCUT2D eigenvalue weighted by Crippen LogP contribution is -1.92. The van der Waals surface area contributed by atoms with E-state index in [0.29, 0.717) is 0 Å². The van der Waals surface area contributed by atoms with Gasteiger partial charge in [-0.15, -0.1) is 0 Å².